The van der Waals surface area contributed by atoms with Crippen molar-refractivity contribution in [2.24, 2.45) is 0 Å². The number of carbonyl (C=O) groups is 4. The van der Waals surface area contributed by atoms with Gasteiger partial charge in [0, 0.05) is 18.1 Å². The minimum atomic E-state index is -0.659. The van der Waals surface area contributed by atoms with Crippen LogP contribution in [0.4, 0.5) is 0 Å². The van der Waals surface area contributed by atoms with Crippen LogP contribution < -0.4 is 14.2 Å². The lowest BCUT2D eigenvalue weighted by Crippen LogP contribution is -2.13. The molecule has 206 valence electrons. The van der Waals surface area contributed by atoms with Crippen molar-refractivity contribution in [3.63, 3.8) is 0 Å². The van der Waals surface area contributed by atoms with Crippen LogP contribution in [0.15, 0.2) is 97.6 Å². The fourth-order valence-corrected chi connectivity index (χ4v) is 3.28. The Kier molecular flexibility index (Phi) is 10.8. The maximum absolute atomic E-state index is 12.6. The smallest absolute Gasteiger partial charge is 0.343 e. The fourth-order valence-electron chi connectivity index (χ4n) is 3.28. The highest BCUT2D eigenvalue weighted by molar-refractivity contribution is 5.93. The zero-order valence-corrected chi connectivity index (χ0v) is 21.9. The average molecular weight is 545 g/mol. The molecule has 0 unspecified atom stereocenters. The van der Waals surface area contributed by atoms with Gasteiger partial charge in [0.25, 0.3) is 0 Å². The topological polar surface area (TPSA) is 114 Å². The highest BCUT2D eigenvalue weighted by Crippen LogP contribution is 2.24. The number of carbonyl (C=O) groups excluding carboxylic acids is 4. The van der Waals surface area contributed by atoms with E-state index in [1.807, 2.05) is 0 Å². The third-order valence-corrected chi connectivity index (χ3v) is 5.39. The van der Waals surface area contributed by atoms with Crippen molar-refractivity contribution in [1.82, 2.24) is 0 Å². The standard InChI is InChI=1S/C31H28O9/c1-4-28(32)39-26-12-10-23(11-13-26)22-6-8-24(9-7-22)31(35)40-27-16-14-25(15-17-27)37-18-5-19-38-30(34)21(2)20-29(33)36-3/h4,6-17H,1-2,5,18-20H2,3H3. The molecule has 0 spiro atoms. The summed E-state index contributed by atoms with van der Waals surface area (Å²) in [6.07, 6.45) is 1.30. The van der Waals surface area contributed by atoms with E-state index in [-0.39, 0.29) is 25.2 Å². The highest BCUT2D eigenvalue weighted by atomic mass is 16.5. The van der Waals surface area contributed by atoms with Crippen molar-refractivity contribution in [2.45, 2.75) is 12.8 Å². The lowest BCUT2D eigenvalue weighted by Gasteiger charge is -2.09. The van der Waals surface area contributed by atoms with E-state index in [1.165, 1.54) is 7.11 Å². The predicted molar refractivity (Wildman–Crippen MR) is 146 cm³/mol. The van der Waals surface area contributed by atoms with E-state index in [1.54, 1.807) is 72.8 Å². The molecule has 0 heterocycles. The first-order valence-corrected chi connectivity index (χ1v) is 12.2. The third kappa shape index (κ3) is 8.98. The second-order valence-corrected chi connectivity index (χ2v) is 8.28. The van der Waals surface area contributed by atoms with Crippen molar-refractivity contribution in [2.75, 3.05) is 20.3 Å². The maximum Gasteiger partial charge on any atom is 0.343 e. The molecule has 0 bridgehead atoms. The zero-order chi connectivity index (χ0) is 28.9. The van der Waals surface area contributed by atoms with Crippen molar-refractivity contribution < 1.29 is 42.9 Å². The van der Waals surface area contributed by atoms with E-state index in [4.69, 9.17) is 18.9 Å². The number of rotatable bonds is 13. The van der Waals surface area contributed by atoms with Crippen LogP contribution in [-0.4, -0.2) is 44.2 Å². The van der Waals surface area contributed by atoms with Crippen molar-refractivity contribution >= 4 is 23.9 Å². The quantitative estimate of drug-likeness (QED) is 0.126. The summed E-state index contributed by atoms with van der Waals surface area (Å²) < 4.78 is 25.6. The molecule has 9 nitrogen and oxygen atoms in total. The van der Waals surface area contributed by atoms with E-state index in [9.17, 15) is 19.2 Å². The van der Waals surface area contributed by atoms with Gasteiger partial charge in [-0.25, -0.2) is 14.4 Å². The second kappa shape index (κ2) is 14.7. The molecule has 40 heavy (non-hydrogen) atoms. The summed E-state index contributed by atoms with van der Waals surface area (Å²) in [5.41, 5.74) is 2.16. The molecule has 0 atom stereocenters. The number of hydrogen-bond donors (Lipinski definition) is 0. The summed E-state index contributed by atoms with van der Waals surface area (Å²) in [7, 11) is 1.23. The van der Waals surface area contributed by atoms with E-state index < -0.39 is 23.9 Å². The molecule has 0 saturated heterocycles. The molecule has 0 aliphatic carbocycles. The lowest BCUT2D eigenvalue weighted by atomic mass is 10.0. The highest BCUT2D eigenvalue weighted by Gasteiger charge is 2.13. The van der Waals surface area contributed by atoms with Crippen LogP contribution in [0.3, 0.4) is 0 Å². The maximum atomic E-state index is 12.6. The van der Waals surface area contributed by atoms with Crippen molar-refractivity contribution in [3.8, 4) is 28.4 Å². The van der Waals surface area contributed by atoms with Crippen LogP contribution in [-0.2, 0) is 23.9 Å². The summed E-state index contributed by atoms with van der Waals surface area (Å²) >= 11 is 0. The van der Waals surface area contributed by atoms with Gasteiger partial charge >= 0.3 is 23.9 Å². The van der Waals surface area contributed by atoms with Crippen molar-refractivity contribution in [3.05, 3.63) is 103 Å². The Morgan fingerprint density at radius 2 is 1.30 bits per heavy atom. The van der Waals surface area contributed by atoms with Crippen molar-refractivity contribution in [1.29, 1.82) is 0 Å². The van der Waals surface area contributed by atoms with Gasteiger partial charge in [0.15, 0.2) is 0 Å². The van der Waals surface area contributed by atoms with E-state index in [0.29, 0.717) is 29.2 Å². The third-order valence-electron chi connectivity index (χ3n) is 5.39. The molecule has 0 radical (unpaired) electrons. The molecule has 0 amide bonds. The Bertz CT molecular complexity index is 1360. The number of hydrogen-bond acceptors (Lipinski definition) is 9. The molecular formula is C31H28O9. The molecule has 3 rings (SSSR count). The van der Waals surface area contributed by atoms with Gasteiger partial charge in [-0.15, -0.1) is 0 Å². The Morgan fingerprint density at radius 1 is 0.750 bits per heavy atom. The van der Waals surface area contributed by atoms with Crippen LogP contribution in [0, 0.1) is 0 Å². The normalized spacial score (nSPS) is 10.1. The molecule has 0 aromatic heterocycles. The molecule has 0 aliphatic rings. The molecule has 3 aromatic rings. The Hall–Kier alpha value is -5.18. The summed E-state index contributed by atoms with van der Waals surface area (Å²) in [6.45, 7) is 7.26. The SMILES string of the molecule is C=CC(=O)Oc1ccc(-c2ccc(C(=O)Oc3ccc(OCCCOC(=O)C(=C)CC(=O)OC)cc3)cc2)cc1. The van der Waals surface area contributed by atoms with Crippen LogP contribution in [0.25, 0.3) is 11.1 Å². The van der Waals surface area contributed by atoms with Gasteiger partial charge in [-0.2, -0.15) is 0 Å². The van der Waals surface area contributed by atoms with Gasteiger partial charge < -0.3 is 23.7 Å². The largest absolute Gasteiger partial charge is 0.493 e. The number of benzene rings is 3. The minimum Gasteiger partial charge on any atom is -0.493 e. The fraction of sp³-hybridized carbons (Fsp3) is 0.161. The molecule has 0 fully saturated rings. The average Bonchev–Trinajstić information content (AvgIpc) is 2.98. The van der Waals surface area contributed by atoms with E-state index >= 15 is 0 Å². The lowest BCUT2D eigenvalue weighted by molar-refractivity contribution is -0.144. The molecule has 9 heteroatoms. The summed E-state index contributed by atoms with van der Waals surface area (Å²) in [4.78, 5) is 46.8. The van der Waals surface area contributed by atoms with Gasteiger partial charge in [0.1, 0.15) is 17.2 Å². The number of ether oxygens (including phenoxy) is 5. The van der Waals surface area contributed by atoms with Gasteiger partial charge in [0.05, 0.1) is 32.3 Å². The van der Waals surface area contributed by atoms with Crippen LogP contribution in [0.2, 0.25) is 0 Å². The Labute approximate surface area is 231 Å². The number of esters is 4. The monoisotopic (exact) mass is 544 g/mol. The molecular weight excluding hydrogens is 516 g/mol. The van der Waals surface area contributed by atoms with Crippen LogP contribution >= 0.6 is 0 Å². The van der Waals surface area contributed by atoms with Crippen LogP contribution in [0.1, 0.15) is 23.2 Å². The Balaban J connectivity index is 1.42. The van der Waals surface area contributed by atoms with Gasteiger partial charge in [-0.1, -0.05) is 37.4 Å². The predicted octanol–water partition coefficient (Wildman–Crippen LogP) is 5.10. The molecule has 0 N–H and O–H groups in total. The molecule has 0 saturated carbocycles. The van der Waals surface area contributed by atoms with Gasteiger partial charge in [0.2, 0.25) is 0 Å². The zero-order valence-electron chi connectivity index (χ0n) is 21.9. The van der Waals surface area contributed by atoms with Gasteiger partial charge in [-0.3, -0.25) is 4.79 Å². The van der Waals surface area contributed by atoms with E-state index in [2.05, 4.69) is 17.9 Å². The van der Waals surface area contributed by atoms with E-state index in [0.717, 1.165) is 17.2 Å². The first kappa shape index (κ1) is 29.4. The summed E-state index contributed by atoms with van der Waals surface area (Å²) in [5, 5.41) is 0. The second-order valence-electron chi connectivity index (χ2n) is 8.28. The number of methoxy groups -OCH3 is 1. The van der Waals surface area contributed by atoms with Gasteiger partial charge in [-0.05, 0) is 59.7 Å². The van der Waals surface area contributed by atoms with Crippen LogP contribution in [0.5, 0.6) is 17.2 Å². The summed E-state index contributed by atoms with van der Waals surface area (Å²) in [6, 6.07) is 20.4. The molecule has 3 aromatic carbocycles. The first-order chi connectivity index (χ1) is 19.3. The minimum absolute atomic E-state index is 0.0221. The molecule has 0 aliphatic heterocycles. The first-order valence-electron chi connectivity index (χ1n) is 12.2. The summed E-state index contributed by atoms with van der Waals surface area (Å²) in [5.74, 6) is -0.954. The Morgan fingerprint density at radius 3 is 1.90 bits per heavy atom.